The van der Waals surface area contributed by atoms with Crippen LogP contribution in [0.15, 0.2) is 58.3 Å². The minimum atomic E-state index is -0.118. The number of fused-ring (bicyclic) bond motifs is 1. The molecule has 0 amide bonds. The number of benzene rings is 1. The predicted molar refractivity (Wildman–Crippen MR) is 99.3 cm³/mol. The van der Waals surface area contributed by atoms with Crippen LogP contribution in [0.5, 0.6) is 0 Å². The summed E-state index contributed by atoms with van der Waals surface area (Å²) >= 11 is 1.69. The van der Waals surface area contributed by atoms with Crippen molar-refractivity contribution in [2.75, 3.05) is 7.05 Å². The number of aliphatic hydroxyl groups is 1. The van der Waals surface area contributed by atoms with E-state index < -0.39 is 0 Å². The summed E-state index contributed by atoms with van der Waals surface area (Å²) in [5.74, 6) is 1.02. The molecule has 126 valence electrons. The summed E-state index contributed by atoms with van der Waals surface area (Å²) < 4.78 is 0. The zero-order chi connectivity index (χ0) is 17.1. The van der Waals surface area contributed by atoms with Gasteiger partial charge in [0.05, 0.1) is 5.03 Å². The first kappa shape index (κ1) is 16.8. The van der Waals surface area contributed by atoms with Gasteiger partial charge in [0.1, 0.15) is 6.29 Å². The van der Waals surface area contributed by atoms with Crippen molar-refractivity contribution < 1.29 is 9.90 Å². The van der Waals surface area contributed by atoms with Crippen LogP contribution in [0.4, 0.5) is 0 Å². The van der Waals surface area contributed by atoms with Crippen LogP contribution >= 0.6 is 11.8 Å². The number of amidine groups is 1. The van der Waals surface area contributed by atoms with E-state index in [9.17, 15) is 9.90 Å². The molecule has 4 nitrogen and oxygen atoms in total. The number of nitrogens with zero attached hydrogens (tertiary/aromatic N) is 1. The second-order valence-corrected chi connectivity index (χ2v) is 7.48. The summed E-state index contributed by atoms with van der Waals surface area (Å²) in [6.07, 6.45) is 4.11. The summed E-state index contributed by atoms with van der Waals surface area (Å²) in [6, 6.07) is 10.6. The first-order valence-corrected chi connectivity index (χ1v) is 9.05. The Kier molecular flexibility index (Phi) is 5.09. The molecule has 5 heteroatoms. The molecule has 0 bridgehead atoms. The van der Waals surface area contributed by atoms with Gasteiger partial charge in [0.2, 0.25) is 0 Å². The van der Waals surface area contributed by atoms with E-state index in [2.05, 4.69) is 41.2 Å². The lowest BCUT2D eigenvalue weighted by Gasteiger charge is -2.32. The van der Waals surface area contributed by atoms with Crippen LogP contribution < -0.4 is 5.32 Å². The average molecular weight is 342 g/mol. The number of allylic oxidation sites excluding steroid dienone is 1. The molecule has 2 aliphatic rings. The average Bonchev–Trinajstić information content (AvgIpc) is 2.96. The summed E-state index contributed by atoms with van der Waals surface area (Å²) in [6.45, 7) is 3.50. The molecule has 3 unspecified atom stereocenters. The number of hydrogen-bond donors (Lipinski definition) is 2. The first-order chi connectivity index (χ1) is 11.6. The highest BCUT2D eigenvalue weighted by atomic mass is 32.2. The molecule has 0 aromatic heterocycles. The van der Waals surface area contributed by atoms with Crippen molar-refractivity contribution >= 4 is 23.9 Å². The Hall–Kier alpha value is -2.01. The second kappa shape index (κ2) is 7.26. The fraction of sp³-hybridized carbons (Fsp3) is 0.368. The van der Waals surface area contributed by atoms with Crippen molar-refractivity contribution in [3.8, 4) is 0 Å². The number of carbonyl (C=O) groups is 1. The Morgan fingerprint density at radius 3 is 2.75 bits per heavy atom. The van der Waals surface area contributed by atoms with Gasteiger partial charge in [-0.1, -0.05) is 36.9 Å². The fourth-order valence-corrected chi connectivity index (χ4v) is 5.21. The molecule has 3 rings (SSSR count). The Balaban J connectivity index is 1.76. The van der Waals surface area contributed by atoms with E-state index in [0.717, 1.165) is 36.2 Å². The minimum Gasteiger partial charge on any atom is -0.505 e. The highest BCUT2D eigenvalue weighted by molar-refractivity contribution is 8.04. The third-order valence-corrected chi connectivity index (χ3v) is 6.25. The van der Waals surface area contributed by atoms with E-state index >= 15 is 0 Å². The van der Waals surface area contributed by atoms with Crippen LogP contribution in [0.1, 0.15) is 30.7 Å². The molecule has 0 radical (unpaired) electrons. The van der Waals surface area contributed by atoms with Crippen LogP contribution in [0.2, 0.25) is 0 Å². The maximum atomic E-state index is 11.6. The molecule has 1 aliphatic heterocycles. The van der Waals surface area contributed by atoms with Gasteiger partial charge in [-0.3, -0.25) is 9.79 Å². The molecule has 0 saturated heterocycles. The molecule has 1 aromatic carbocycles. The predicted octanol–water partition coefficient (Wildman–Crippen LogP) is 3.79. The zero-order valence-electron chi connectivity index (χ0n) is 13.7. The quantitative estimate of drug-likeness (QED) is 0.378. The molecule has 1 heterocycles. The standard InChI is InChI=1S/C19H22N2O2S/c1-12(23)18(20-2)21-19-16(11-22)15-9-8-14(10-17(15)24-19)13-6-4-3-5-7-13/h3-7,11,14-15,17,23H,1,8-10H2,2H3,(H,20,21). The van der Waals surface area contributed by atoms with Gasteiger partial charge in [-0.25, -0.2) is 0 Å². The largest absolute Gasteiger partial charge is 0.505 e. The minimum absolute atomic E-state index is 0.118. The number of hydrogen-bond acceptors (Lipinski definition) is 4. The number of aldehydes is 1. The van der Waals surface area contributed by atoms with Crippen LogP contribution in [0, 0.1) is 5.92 Å². The van der Waals surface area contributed by atoms with Gasteiger partial charge in [0.15, 0.2) is 11.6 Å². The topological polar surface area (TPSA) is 61.7 Å². The van der Waals surface area contributed by atoms with Gasteiger partial charge in [-0.05, 0) is 30.7 Å². The van der Waals surface area contributed by atoms with E-state index in [0.29, 0.717) is 17.0 Å². The van der Waals surface area contributed by atoms with Crippen LogP contribution in [-0.2, 0) is 4.79 Å². The third-order valence-electron chi connectivity index (χ3n) is 4.85. The molecule has 3 atom stereocenters. The lowest BCUT2D eigenvalue weighted by atomic mass is 9.76. The normalized spacial score (nSPS) is 26.9. The van der Waals surface area contributed by atoms with Crippen molar-refractivity contribution in [1.29, 1.82) is 0 Å². The van der Waals surface area contributed by atoms with E-state index in [1.807, 2.05) is 6.07 Å². The zero-order valence-corrected chi connectivity index (χ0v) is 14.6. The third kappa shape index (κ3) is 3.26. The first-order valence-electron chi connectivity index (χ1n) is 8.17. The number of thioether (sulfide) groups is 1. The van der Waals surface area contributed by atoms with E-state index in [1.54, 1.807) is 18.8 Å². The molecule has 1 fully saturated rings. The summed E-state index contributed by atoms with van der Waals surface area (Å²) in [5.41, 5.74) is 2.18. The lowest BCUT2D eigenvalue weighted by Crippen LogP contribution is -2.25. The highest BCUT2D eigenvalue weighted by Crippen LogP contribution is 2.51. The number of aliphatic hydroxyl groups excluding tert-OH is 1. The number of nitrogens with one attached hydrogen (secondary N) is 1. The molecule has 1 aromatic rings. The van der Waals surface area contributed by atoms with E-state index in [1.165, 1.54) is 5.56 Å². The molecule has 0 spiro atoms. The maximum absolute atomic E-state index is 11.6. The Morgan fingerprint density at radius 1 is 1.38 bits per heavy atom. The van der Waals surface area contributed by atoms with Crippen molar-refractivity contribution in [2.24, 2.45) is 10.9 Å². The second-order valence-electron chi connectivity index (χ2n) is 6.23. The van der Waals surface area contributed by atoms with Crippen molar-refractivity contribution in [3.63, 3.8) is 0 Å². The summed E-state index contributed by atoms with van der Waals surface area (Å²) in [5, 5.41) is 13.9. The Labute approximate surface area is 146 Å². The highest BCUT2D eigenvalue weighted by Gasteiger charge is 2.40. The number of aliphatic imine (C=N–C) groups is 1. The molecule has 2 N–H and O–H groups in total. The van der Waals surface area contributed by atoms with Gasteiger partial charge in [-0.2, -0.15) is 0 Å². The molecule has 1 aliphatic carbocycles. The van der Waals surface area contributed by atoms with E-state index in [4.69, 9.17) is 0 Å². The molecular weight excluding hydrogens is 320 g/mol. The van der Waals surface area contributed by atoms with Crippen molar-refractivity contribution in [2.45, 2.75) is 30.4 Å². The van der Waals surface area contributed by atoms with Crippen molar-refractivity contribution in [3.05, 3.63) is 58.8 Å². The SMILES string of the molecule is C=C(O)C(=NC)NC1=C(C=O)C2CCC(c3ccccc3)CC2S1. The summed E-state index contributed by atoms with van der Waals surface area (Å²) in [4.78, 5) is 15.6. The molecule has 1 saturated carbocycles. The van der Waals surface area contributed by atoms with Gasteiger partial charge >= 0.3 is 0 Å². The van der Waals surface area contributed by atoms with Crippen molar-refractivity contribution in [1.82, 2.24) is 5.32 Å². The smallest absolute Gasteiger partial charge is 0.167 e. The van der Waals surface area contributed by atoms with Gasteiger partial charge in [0, 0.05) is 23.8 Å². The number of carbonyl (C=O) groups excluding carboxylic acids is 1. The maximum Gasteiger partial charge on any atom is 0.167 e. The van der Waals surface area contributed by atoms with Gasteiger partial charge in [0.25, 0.3) is 0 Å². The van der Waals surface area contributed by atoms with Crippen LogP contribution in [-0.4, -0.2) is 29.5 Å². The monoisotopic (exact) mass is 342 g/mol. The van der Waals surface area contributed by atoms with Crippen LogP contribution in [0.25, 0.3) is 0 Å². The Bertz CT molecular complexity index is 697. The van der Waals surface area contributed by atoms with Crippen LogP contribution in [0.3, 0.4) is 0 Å². The Morgan fingerprint density at radius 2 is 2.12 bits per heavy atom. The lowest BCUT2D eigenvalue weighted by molar-refractivity contribution is -0.105. The molecule has 24 heavy (non-hydrogen) atoms. The van der Waals surface area contributed by atoms with Gasteiger partial charge in [-0.15, -0.1) is 11.8 Å². The molecular formula is C19H22N2O2S. The fourth-order valence-electron chi connectivity index (χ4n) is 3.64. The summed E-state index contributed by atoms with van der Waals surface area (Å²) in [7, 11) is 1.59. The van der Waals surface area contributed by atoms with E-state index in [-0.39, 0.29) is 11.7 Å². The number of rotatable bonds is 4. The van der Waals surface area contributed by atoms with Gasteiger partial charge < -0.3 is 10.4 Å².